The van der Waals surface area contributed by atoms with E-state index in [9.17, 15) is 5.11 Å². The molecule has 0 radical (unpaired) electrons. The molecule has 0 saturated carbocycles. The minimum Gasteiger partial charge on any atom is -0.391 e. The number of rotatable bonds is 6. The van der Waals surface area contributed by atoms with Crippen LogP contribution in [0.3, 0.4) is 0 Å². The zero-order valence-electron chi connectivity index (χ0n) is 14.0. The first-order chi connectivity index (χ1) is 11.5. The molecule has 0 aliphatic carbocycles. The molecule has 126 valence electrons. The van der Waals surface area contributed by atoms with Gasteiger partial charge in [0.05, 0.1) is 18.8 Å². The van der Waals surface area contributed by atoms with E-state index >= 15 is 0 Å². The average Bonchev–Trinajstić information content (AvgIpc) is 3.17. The summed E-state index contributed by atoms with van der Waals surface area (Å²) < 4.78 is 3.33. The van der Waals surface area contributed by atoms with E-state index in [2.05, 4.69) is 39.6 Å². The van der Waals surface area contributed by atoms with Crippen LogP contribution in [-0.4, -0.2) is 47.0 Å². The topological polar surface area (TPSA) is 93.7 Å². The van der Waals surface area contributed by atoms with Gasteiger partial charge in [-0.15, -0.1) is 5.10 Å². The second-order valence-electron chi connectivity index (χ2n) is 6.01. The first-order valence-electron chi connectivity index (χ1n) is 7.88. The molecule has 24 heavy (non-hydrogen) atoms. The van der Waals surface area contributed by atoms with Gasteiger partial charge in [-0.1, -0.05) is 5.21 Å². The van der Waals surface area contributed by atoms with Crippen LogP contribution in [0.25, 0.3) is 17.1 Å². The molecule has 3 rings (SSSR count). The molecule has 0 aliphatic rings. The summed E-state index contributed by atoms with van der Waals surface area (Å²) in [5.74, 6) is 0.725. The predicted octanol–water partition coefficient (Wildman–Crippen LogP) is 1.73. The fourth-order valence-electron chi connectivity index (χ4n) is 2.39. The fraction of sp³-hybridized carbons (Fsp3) is 0.375. The molecule has 8 heteroatoms. The zero-order chi connectivity index (χ0) is 17.1. The molecule has 2 N–H and O–H groups in total. The van der Waals surface area contributed by atoms with Crippen molar-refractivity contribution in [3.63, 3.8) is 0 Å². The predicted molar refractivity (Wildman–Crippen MR) is 90.8 cm³/mol. The highest BCUT2D eigenvalue weighted by atomic mass is 16.3. The summed E-state index contributed by atoms with van der Waals surface area (Å²) in [4.78, 5) is 4.47. The summed E-state index contributed by atoms with van der Waals surface area (Å²) in [7, 11) is 0. The van der Waals surface area contributed by atoms with Gasteiger partial charge in [-0.3, -0.25) is 0 Å². The Morgan fingerprint density at radius 1 is 1.29 bits per heavy atom. The third-order valence-electron chi connectivity index (χ3n) is 3.34. The Hall–Kier alpha value is -2.74. The molecular formula is C16H21N7O. The Morgan fingerprint density at radius 3 is 2.79 bits per heavy atom. The van der Waals surface area contributed by atoms with Gasteiger partial charge in [0.1, 0.15) is 5.69 Å². The van der Waals surface area contributed by atoms with Crippen molar-refractivity contribution in [2.24, 2.45) is 0 Å². The molecule has 8 nitrogen and oxygen atoms in total. The summed E-state index contributed by atoms with van der Waals surface area (Å²) in [6.45, 7) is 6.26. The third-order valence-corrected chi connectivity index (χ3v) is 3.34. The number of aliphatic hydroxyl groups is 1. The lowest BCUT2D eigenvalue weighted by molar-refractivity contribution is 0.167. The van der Waals surface area contributed by atoms with Gasteiger partial charge in [0, 0.05) is 41.9 Å². The molecule has 0 saturated heterocycles. The Bertz CT molecular complexity index is 793. The molecule has 0 amide bonds. The summed E-state index contributed by atoms with van der Waals surface area (Å²) in [6.07, 6.45) is 6.65. The highest BCUT2D eigenvalue weighted by molar-refractivity contribution is 5.75. The minimum atomic E-state index is -0.479. The smallest absolute Gasteiger partial charge is 0.155 e. The maximum absolute atomic E-state index is 9.48. The van der Waals surface area contributed by atoms with E-state index in [1.54, 1.807) is 28.7 Å². The number of hydrogen-bond donors (Lipinski definition) is 2. The second-order valence-corrected chi connectivity index (χ2v) is 6.01. The first kappa shape index (κ1) is 16.1. The number of aromatic nitrogens is 6. The summed E-state index contributed by atoms with van der Waals surface area (Å²) in [5.41, 5.74) is 2.48. The van der Waals surface area contributed by atoms with Gasteiger partial charge in [0.15, 0.2) is 5.82 Å². The molecule has 3 heterocycles. The van der Waals surface area contributed by atoms with Crippen LogP contribution in [0.1, 0.15) is 20.8 Å². The monoisotopic (exact) mass is 327 g/mol. The Labute approximate surface area is 140 Å². The number of hydrogen-bond acceptors (Lipinski definition) is 6. The van der Waals surface area contributed by atoms with Gasteiger partial charge in [0.2, 0.25) is 0 Å². The summed E-state index contributed by atoms with van der Waals surface area (Å²) in [6, 6.07) is 4.05. The van der Waals surface area contributed by atoms with Crippen LogP contribution in [-0.2, 0) is 6.54 Å². The van der Waals surface area contributed by atoms with Crippen LogP contribution in [0.5, 0.6) is 0 Å². The van der Waals surface area contributed by atoms with E-state index in [4.69, 9.17) is 0 Å². The summed E-state index contributed by atoms with van der Waals surface area (Å²) in [5, 5.41) is 25.4. The van der Waals surface area contributed by atoms with Crippen molar-refractivity contribution >= 4 is 5.69 Å². The van der Waals surface area contributed by atoms with Crippen molar-refractivity contribution in [2.75, 3.05) is 5.32 Å². The molecule has 1 unspecified atom stereocenters. The Morgan fingerprint density at radius 2 is 2.12 bits per heavy atom. The van der Waals surface area contributed by atoms with E-state index in [0.29, 0.717) is 12.2 Å². The van der Waals surface area contributed by atoms with Gasteiger partial charge < -0.3 is 10.4 Å². The maximum atomic E-state index is 9.48. The van der Waals surface area contributed by atoms with Crippen molar-refractivity contribution in [1.29, 1.82) is 0 Å². The molecule has 3 aromatic heterocycles. The standard InChI is InChI=1S/C16H21N7O/c1-11(2)19-14-7-16(23-6-4-5-18-23)17-8-13(14)15-10-22(21-20-15)9-12(3)24/h4-8,10-12,24H,9H2,1-3H3,(H,17,19). The van der Waals surface area contributed by atoms with Crippen LogP contribution in [0.4, 0.5) is 5.69 Å². The van der Waals surface area contributed by atoms with E-state index < -0.39 is 6.10 Å². The van der Waals surface area contributed by atoms with Crippen molar-refractivity contribution < 1.29 is 5.11 Å². The lowest BCUT2D eigenvalue weighted by atomic mass is 10.1. The normalized spacial score (nSPS) is 12.5. The molecule has 0 bridgehead atoms. The van der Waals surface area contributed by atoms with Gasteiger partial charge in [-0.05, 0) is 26.8 Å². The van der Waals surface area contributed by atoms with Crippen molar-refractivity contribution in [2.45, 2.75) is 39.5 Å². The lowest BCUT2D eigenvalue weighted by Crippen LogP contribution is -2.12. The molecule has 0 fully saturated rings. The quantitative estimate of drug-likeness (QED) is 0.716. The number of pyridine rings is 1. The maximum Gasteiger partial charge on any atom is 0.155 e. The number of anilines is 1. The highest BCUT2D eigenvalue weighted by Gasteiger charge is 2.13. The largest absolute Gasteiger partial charge is 0.391 e. The van der Waals surface area contributed by atoms with Crippen LogP contribution >= 0.6 is 0 Å². The molecule has 3 aromatic rings. The van der Waals surface area contributed by atoms with Crippen molar-refractivity contribution in [3.05, 3.63) is 36.9 Å². The number of nitrogens with zero attached hydrogens (tertiary/aromatic N) is 6. The summed E-state index contributed by atoms with van der Waals surface area (Å²) >= 11 is 0. The minimum absolute atomic E-state index is 0.254. The Kier molecular flexibility index (Phi) is 4.57. The number of aliphatic hydroxyl groups excluding tert-OH is 1. The molecular weight excluding hydrogens is 306 g/mol. The molecule has 0 aromatic carbocycles. The lowest BCUT2D eigenvalue weighted by Gasteiger charge is -2.14. The van der Waals surface area contributed by atoms with Crippen molar-refractivity contribution in [3.8, 4) is 17.1 Å². The van der Waals surface area contributed by atoms with E-state index in [-0.39, 0.29) is 6.04 Å². The van der Waals surface area contributed by atoms with Crippen molar-refractivity contribution in [1.82, 2.24) is 29.8 Å². The van der Waals surface area contributed by atoms with Gasteiger partial charge in [-0.2, -0.15) is 5.10 Å². The first-order valence-corrected chi connectivity index (χ1v) is 7.88. The molecule has 1 atom stereocenters. The Balaban J connectivity index is 1.98. The van der Waals surface area contributed by atoms with Crippen LogP contribution in [0.15, 0.2) is 36.9 Å². The third kappa shape index (κ3) is 3.60. The van der Waals surface area contributed by atoms with Crippen LogP contribution in [0.2, 0.25) is 0 Å². The number of nitrogens with one attached hydrogen (secondary N) is 1. The fourth-order valence-corrected chi connectivity index (χ4v) is 2.39. The van der Waals surface area contributed by atoms with E-state index in [1.165, 1.54) is 0 Å². The van der Waals surface area contributed by atoms with Gasteiger partial charge in [-0.25, -0.2) is 14.3 Å². The van der Waals surface area contributed by atoms with E-state index in [0.717, 1.165) is 17.1 Å². The molecule has 0 aliphatic heterocycles. The van der Waals surface area contributed by atoms with Gasteiger partial charge in [0.25, 0.3) is 0 Å². The van der Waals surface area contributed by atoms with Crippen LogP contribution in [0, 0.1) is 0 Å². The van der Waals surface area contributed by atoms with E-state index in [1.807, 2.05) is 24.5 Å². The van der Waals surface area contributed by atoms with Crippen LogP contribution < -0.4 is 5.32 Å². The van der Waals surface area contributed by atoms with Gasteiger partial charge >= 0.3 is 0 Å². The highest BCUT2D eigenvalue weighted by Crippen LogP contribution is 2.27. The molecule has 0 spiro atoms. The average molecular weight is 327 g/mol. The second kappa shape index (κ2) is 6.79. The zero-order valence-corrected chi connectivity index (χ0v) is 14.0. The SMILES string of the molecule is CC(O)Cn1cc(-c2cnc(-n3cccn3)cc2NC(C)C)nn1.